The standard InChI is InChI=1S/C22H21N7O2S/c1-3-19-27-29(22(24)32-19)16-9-7-15(8-10-16)25-21(31)18-11-13(2)26-28(18)17-6-4-5-14(12-17)20(23)30/h4-12,24H,3H2,1-2H3,(H2,23,30)(H,25,31). The smallest absolute Gasteiger partial charge is 0.274 e. The van der Waals surface area contributed by atoms with Crippen LogP contribution in [0.2, 0.25) is 0 Å². The summed E-state index contributed by atoms with van der Waals surface area (Å²) in [6.07, 6.45) is 0.771. The number of primary amides is 1. The average molecular weight is 448 g/mol. The van der Waals surface area contributed by atoms with Gasteiger partial charge < -0.3 is 11.1 Å². The van der Waals surface area contributed by atoms with Crippen molar-refractivity contribution in [2.45, 2.75) is 20.3 Å². The number of nitrogens with zero attached hydrogens (tertiary/aromatic N) is 4. The first-order valence-corrected chi connectivity index (χ1v) is 10.7. The molecule has 4 N–H and O–H groups in total. The second-order valence-corrected chi connectivity index (χ2v) is 8.13. The van der Waals surface area contributed by atoms with Crippen LogP contribution in [0.1, 0.15) is 38.5 Å². The Morgan fingerprint density at radius 1 is 1.06 bits per heavy atom. The van der Waals surface area contributed by atoms with E-state index in [1.807, 2.05) is 6.92 Å². The molecule has 0 spiro atoms. The zero-order chi connectivity index (χ0) is 22.8. The fourth-order valence-corrected chi connectivity index (χ4v) is 3.90. The van der Waals surface area contributed by atoms with E-state index in [0.29, 0.717) is 33.1 Å². The first-order valence-electron chi connectivity index (χ1n) is 9.88. The van der Waals surface area contributed by atoms with Crippen LogP contribution >= 0.6 is 11.3 Å². The van der Waals surface area contributed by atoms with Crippen molar-refractivity contribution in [2.24, 2.45) is 5.73 Å². The number of hydrogen-bond acceptors (Lipinski definition) is 6. The first kappa shape index (κ1) is 21.2. The van der Waals surface area contributed by atoms with E-state index in [1.165, 1.54) is 16.0 Å². The normalized spacial score (nSPS) is 10.8. The van der Waals surface area contributed by atoms with Gasteiger partial charge in [-0.15, -0.1) is 0 Å². The molecule has 10 heteroatoms. The maximum absolute atomic E-state index is 13.0. The second-order valence-electron chi connectivity index (χ2n) is 7.06. The fourth-order valence-electron chi connectivity index (χ4n) is 3.18. The highest BCUT2D eigenvalue weighted by Gasteiger charge is 2.17. The lowest BCUT2D eigenvalue weighted by atomic mass is 10.2. The van der Waals surface area contributed by atoms with E-state index in [-0.39, 0.29) is 5.91 Å². The molecular formula is C22H21N7O2S. The van der Waals surface area contributed by atoms with E-state index in [9.17, 15) is 9.59 Å². The molecule has 0 aliphatic heterocycles. The Kier molecular flexibility index (Phi) is 5.69. The molecule has 2 heterocycles. The number of aryl methyl sites for hydroxylation is 2. The minimum Gasteiger partial charge on any atom is -0.366 e. The van der Waals surface area contributed by atoms with Crippen molar-refractivity contribution < 1.29 is 9.59 Å². The molecule has 0 atom stereocenters. The van der Waals surface area contributed by atoms with Gasteiger partial charge in [0.1, 0.15) is 10.7 Å². The van der Waals surface area contributed by atoms with E-state index in [1.54, 1.807) is 66.2 Å². The zero-order valence-electron chi connectivity index (χ0n) is 17.5. The quantitative estimate of drug-likeness (QED) is 0.419. The van der Waals surface area contributed by atoms with Crippen LogP contribution in [0, 0.1) is 12.3 Å². The molecule has 0 fully saturated rings. The minimum atomic E-state index is -0.554. The second kappa shape index (κ2) is 8.60. The number of nitrogens with two attached hydrogens (primary N) is 1. The summed E-state index contributed by atoms with van der Waals surface area (Å²) in [5, 5.41) is 20.6. The van der Waals surface area contributed by atoms with Crippen LogP contribution in [-0.2, 0) is 6.42 Å². The topological polar surface area (TPSA) is 132 Å². The van der Waals surface area contributed by atoms with Crippen molar-refractivity contribution in [1.29, 1.82) is 5.41 Å². The van der Waals surface area contributed by atoms with Gasteiger partial charge in [0.05, 0.1) is 17.1 Å². The Hall–Kier alpha value is -4.05. The molecule has 9 nitrogen and oxygen atoms in total. The summed E-state index contributed by atoms with van der Waals surface area (Å²) in [5.74, 6) is -0.903. The number of benzene rings is 2. The number of anilines is 1. The summed E-state index contributed by atoms with van der Waals surface area (Å²) < 4.78 is 3.05. The maximum Gasteiger partial charge on any atom is 0.274 e. The molecule has 2 aromatic heterocycles. The number of carbonyl (C=O) groups is 2. The third kappa shape index (κ3) is 4.21. The maximum atomic E-state index is 13.0. The van der Waals surface area contributed by atoms with E-state index in [4.69, 9.17) is 11.1 Å². The molecule has 2 amide bonds. The van der Waals surface area contributed by atoms with Crippen LogP contribution in [0.25, 0.3) is 11.4 Å². The van der Waals surface area contributed by atoms with Crippen LogP contribution in [0.3, 0.4) is 0 Å². The Morgan fingerprint density at radius 2 is 1.81 bits per heavy atom. The molecule has 162 valence electrons. The number of rotatable bonds is 6. The van der Waals surface area contributed by atoms with Crippen LogP contribution in [0.4, 0.5) is 5.69 Å². The number of hydrogen-bond donors (Lipinski definition) is 3. The Balaban J connectivity index is 1.59. The van der Waals surface area contributed by atoms with E-state index < -0.39 is 5.91 Å². The van der Waals surface area contributed by atoms with Crippen molar-refractivity contribution in [3.8, 4) is 11.4 Å². The van der Waals surface area contributed by atoms with Gasteiger partial charge in [0.2, 0.25) is 10.7 Å². The summed E-state index contributed by atoms with van der Waals surface area (Å²) >= 11 is 1.34. The largest absolute Gasteiger partial charge is 0.366 e. The third-order valence-electron chi connectivity index (χ3n) is 4.73. The first-order chi connectivity index (χ1) is 15.4. The molecule has 4 aromatic rings. The van der Waals surface area contributed by atoms with Gasteiger partial charge in [-0.25, -0.2) is 9.36 Å². The van der Waals surface area contributed by atoms with Crippen LogP contribution in [0.15, 0.2) is 54.6 Å². The zero-order valence-corrected chi connectivity index (χ0v) is 18.3. The van der Waals surface area contributed by atoms with Crippen molar-refractivity contribution >= 4 is 28.8 Å². The van der Waals surface area contributed by atoms with Gasteiger partial charge in [0, 0.05) is 11.3 Å². The fraction of sp³-hybridized carbons (Fsp3) is 0.136. The minimum absolute atomic E-state index is 0.322. The van der Waals surface area contributed by atoms with Gasteiger partial charge in [0.25, 0.3) is 5.91 Å². The molecule has 0 saturated heterocycles. The van der Waals surface area contributed by atoms with Gasteiger partial charge in [-0.05, 0) is 61.9 Å². The number of nitrogens with one attached hydrogen (secondary N) is 2. The summed E-state index contributed by atoms with van der Waals surface area (Å²) in [5.41, 5.74) is 8.58. The highest BCUT2D eigenvalue weighted by molar-refractivity contribution is 7.08. The third-order valence-corrected chi connectivity index (χ3v) is 5.70. The molecule has 4 rings (SSSR count). The molecule has 0 unspecified atom stereocenters. The predicted octanol–water partition coefficient (Wildman–Crippen LogP) is 2.82. The van der Waals surface area contributed by atoms with Crippen molar-refractivity contribution in [2.75, 3.05) is 5.32 Å². The molecule has 0 radical (unpaired) electrons. The molecule has 0 aliphatic rings. The lowest BCUT2D eigenvalue weighted by Gasteiger charge is -2.10. The lowest BCUT2D eigenvalue weighted by molar-refractivity contribution is 0.0997. The van der Waals surface area contributed by atoms with Gasteiger partial charge in [0.15, 0.2) is 0 Å². The lowest BCUT2D eigenvalue weighted by Crippen LogP contribution is -2.18. The Bertz CT molecular complexity index is 1370. The van der Waals surface area contributed by atoms with Gasteiger partial charge in [-0.1, -0.05) is 24.3 Å². The highest BCUT2D eigenvalue weighted by Crippen LogP contribution is 2.18. The molecule has 0 aliphatic carbocycles. The summed E-state index contributed by atoms with van der Waals surface area (Å²) in [6.45, 7) is 3.78. The predicted molar refractivity (Wildman–Crippen MR) is 121 cm³/mol. The van der Waals surface area contributed by atoms with E-state index in [0.717, 1.165) is 17.1 Å². The molecule has 2 aromatic carbocycles. The van der Waals surface area contributed by atoms with Crippen molar-refractivity contribution in [3.05, 3.63) is 81.4 Å². The highest BCUT2D eigenvalue weighted by atomic mass is 32.1. The number of carbonyl (C=O) groups excluding carboxylic acids is 2. The molecule has 32 heavy (non-hydrogen) atoms. The Morgan fingerprint density at radius 3 is 2.47 bits per heavy atom. The van der Waals surface area contributed by atoms with Gasteiger partial charge in [-0.3, -0.25) is 15.0 Å². The SMILES string of the molecule is CCc1nn(-c2ccc(NC(=O)c3cc(C)nn3-c3cccc(C(N)=O)c3)cc2)c(=N)s1. The van der Waals surface area contributed by atoms with Crippen molar-refractivity contribution in [3.63, 3.8) is 0 Å². The molecular weight excluding hydrogens is 426 g/mol. The van der Waals surface area contributed by atoms with E-state index in [2.05, 4.69) is 15.5 Å². The Labute approximate surface area is 187 Å². The molecule has 0 saturated carbocycles. The van der Waals surface area contributed by atoms with Crippen LogP contribution in [0.5, 0.6) is 0 Å². The van der Waals surface area contributed by atoms with Gasteiger partial charge >= 0.3 is 0 Å². The summed E-state index contributed by atoms with van der Waals surface area (Å²) in [4.78, 5) is 24.8. The molecule has 0 bridgehead atoms. The van der Waals surface area contributed by atoms with Gasteiger partial charge in [-0.2, -0.15) is 10.2 Å². The van der Waals surface area contributed by atoms with E-state index >= 15 is 0 Å². The van der Waals surface area contributed by atoms with Crippen molar-refractivity contribution in [1.82, 2.24) is 19.6 Å². The monoisotopic (exact) mass is 447 g/mol. The van der Waals surface area contributed by atoms with Crippen LogP contribution < -0.4 is 15.9 Å². The summed E-state index contributed by atoms with van der Waals surface area (Å²) in [7, 11) is 0. The number of amides is 2. The van der Waals surface area contributed by atoms with Crippen LogP contribution in [-0.4, -0.2) is 31.4 Å². The number of aromatic nitrogens is 4. The summed E-state index contributed by atoms with van der Waals surface area (Å²) in [6, 6.07) is 15.4. The average Bonchev–Trinajstić information content (AvgIpc) is 3.37.